The Balaban J connectivity index is 1.56. The summed E-state index contributed by atoms with van der Waals surface area (Å²) in [6.45, 7) is 6.85. The summed E-state index contributed by atoms with van der Waals surface area (Å²) in [5.74, 6) is 0. The van der Waals surface area contributed by atoms with Crippen molar-refractivity contribution in [2.75, 3.05) is 19.6 Å². The normalized spacial score (nSPS) is 17.4. The largest absolute Gasteiger partial charge is 0.314 e. The maximum absolute atomic E-state index is 4.39. The molecule has 0 saturated carbocycles. The van der Waals surface area contributed by atoms with E-state index in [4.69, 9.17) is 0 Å². The Hall–Kier alpha value is -1.45. The molecule has 1 N–H and O–H groups in total. The lowest BCUT2D eigenvalue weighted by atomic mass is 10.0. The van der Waals surface area contributed by atoms with Gasteiger partial charge in [0, 0.05) is 24.2 Å². The Morgan fingerprint density at radius 3 is 2.90 bits per heavy atom. The molecule has 0 unspecified atom stereocenters. The summed E-state index contributed by atoms with van der Waals surface area (Å²) >= 11 is 0. The quantitative estimate of drug-likeness (QED) is 0.913. The van der Waals surface area contributed by atoms with E-state index in [0.29, 0.717) is 0 Å². The van der Waals surface area contributed by atoms with E-state index in [-0.39, 0.29) is 0 Å². The highest BCUT2D eigenvalue weighted by Crippen LogP contribution is 2.17. The van der Waals surface area contributed by atoms with Gasteiger partial charge in [-0.1, -0.05) is 19.1 Å². The zero-order chi connectivity index (χ0) is 14.5. The van der Waals surface area contributed by atoms with Crippen molar-refractivity contribution < 1.29 is 0 Å². The predicted octanol–water partition coefficient (Wildman–Crippen LogP) is 3.20. The molecule has 1 aromatic heterocycles. The zero-order valence-corrected chi connectivity index (χ0v) is 12.9. The van der Waals surface area contributed by atoms with Crippen molar-refractivity contribution in [1.82, 2.24) is 15.2 Å². The number of benzene rings is 1. The lowest BCUT2D eigenvalue weighted by Gasteiger charge is -2.32. The first-order chi connectivity index (χ1) is 10.3. The summed E-state index contributed by atoms with van der Waals surface area (Å²) < 4.78 is 0. The maximum Gasteiger partial charge on any atom is 0.0702 e. The van der Waals surface area contributed by atoms with E-state index in [1.165, 1.54) is 43.3 Å². The second-order valence-corrected chi connectivity index (χ2v) is 6.04. The van der Waals surface area contributed by atoms with Crippen LogP contribution in [0.15, 0.2) is 36.5 Å². The number of hydrogen-bond donors (Lipinski definition) is 1. The Morgan fingerprint density at radius 1 is 1.24 bits per heavy atom. The number of fused-ring (bicyclic) bond motifs is 1. The van der Waals surface area contributed by atoms with Gasteiger partial charge in [-0.25, -0.2) is 0 Å². The number of likely N-dealkylation sites (tertiary alicyclic amines) is 1. The third kappa shape index (κ3) is 3.80. The molecule has 1 aromatic carbocycles. The highest BCUT2D eigenvalue weighted by molar-refractivity contribution is 5.78. The van der Waals surface area contributed by atoms with Crippen LogP contribution in [-0.4, -0.2) is 35.6 Å². The van der Waals surface area contributed by atoms with Crippen molar-refractivity contribution in [2.45, 2.75) is 38.8 Å². The number of aromatic nitrogens is 1. The summed E-state index contributed by atoms with van der Waals surface area (Å²) in [6.07, 6.45) is 5.63. The van der Waals surface area contributed by atoms with Gasteiger partial charge in [0.1, 0.15) is 0 Å². The monoisotopic (exact) mass is 283 g/mol. The van der Waals surface area contributed by atoms with Gasteiger partial charge in [-0.2, -0.15) is 0 Å². The number of pyridine rings is 1. The van der Waals surface area contributed by atoms with Gasteiger partial charge in [-0.05, 0) is 62.7 Å². The SMILES string of the molecule is CCCNC1CCN(Cc2ccc3ncccc3c2)CC1. The summed E-state index contributed by atoms with van der Waals surface area (Å²) in [5, 5.41) is 4.89. The highest BCUT2D eigenvalue weighted by atomic mass is 15.1. The second-order valence-electron chi connectivity index (χ2n) is 6.04. The van der Waals surface area contributed by atoms with Crippen LogP contribution < -0.4 is 5.32 Å². The third-order valence-electron chi connectivity index (χ3n) is 4.34. The first-order valence-electron chi connectivity index (χ1n) is 8.14. The van der Waals surface area contributed by atoms with Crippen LogP contribution in [0, 0.1) is 0 Å². The molecule has 2 heterocycles. The number of nitrogens with zero attached hydrogens (tertiary/aromatic N) is 2. The van der Waals surface area contributed by atoms with Crippen LogP contribution in [0.1, 0.15) is 31.7 Å². The van der Waals surface area contributed by atoms with Crippen LogP contribution in [-0.2, 0) is 6.54 Å². The van der Waals surface area contributed by atoms with Gasteiger partial charge in [0.15, 0.2) is 0 Å². The first-order valence-corrected chi connectivity index (χ1v) is 8.14. The van der Waals surface area contributed by atoms with E-state index in [9.17, 15) is 0 Å². The van der Waals surface area contributed by atoms with Crippen LogP contribution in [0.4, 0.5) is 0 Å². The van der Waals surface area contributed by atoms with Crippen LogP contribution in [0.25, 0.3) is 10.9 Å². The average molecular weight is 283 g/mol. The fourth-order valence-corrected chi connectivity index (χ4v) is 3.13. The number of rotatable bonds is 5. The molecule has 21 heavy (non-hydrogen) atoms. The molecule has 3 nitrogen and oxygen atoms in total. The van der Waals surface area contributed by atoms with Crippen molar-refractivity contribution in [3.05, 3.63) is 42.1 Å². The van der Waals surface area contributed by atoms with Crippen LogP contribution in [0.5, 0.6) is 0 Å². The van der Waals surface area contributed by atoms with Gasteiger partial charge >= 0.3 is 0 Å². The Kier molecular flexibility index (Phi) is 4.84. The molecule has 0 atom stereocenters. The number of nitrogens with one attached hydrogen (secondary N) is 1. The topological polar surface area (TPSA) is 28.2 Å². The minimum atomic E-state index is 0.724. The van der Waals surface area contributed by atoms with Crippen molar-refractivity contribution in [1.29, 1.82) is 0 Å². The van der Waals surface area contributed by atoms with Crippen molar-refractivity contribution in [2.24, 2.45) is 0 Å². The van der Waals surface area contributed by atoms with Gasteiger partial charge in [0.05, 0.1) is 5.52 Å². The molecule has 1 saturated heterocycles. The van der Waals surface area contributed by atoms with Crippen molar-refractivity contribution in [3.8, 4) is 0 Å². The summed E-state index contributed by atoms with van der Waals surface area (Å²) in [4.78, 5) is 6.96. The lowest BCUT2D eigenvalue weighted by molar-refractivity contribution is 0.191. The van der Waals surface area contributed by atoms with E-state index < -0.39 is 0 Å². The van der Waals surface area contributed by atoms with Crippen LogP contribution >= 0.6 is 0 Å². The molecule has 1 aliphatic rings. The van der Waals surface area contributed by atoms with Gasteiger partial charge in [-0.15, -0.1) is 0 Å². The first kappa shape index (κ1) is 14.5. The highest BCUT2D eigenvalue weighted by Gasteiger charge is 2.18. The minimum Gasteiger partial charge on any atom is -0.314 e. The molecule has 1 fully saturated rings. The van der Waals surface area contributed by atoms with Crippen LogP contribution in [0.3, 0.4) is 0 Å². The van der Waals surface area contributed by atoms with Crippen LogP contribution in [0.2, 0.25) is 0 Å². The number of hydrogen-bond acceptors (Lipinski definition) is 3. The molecule has 112 valence electrons. The average Bonchev–Trinajstić information content (AvgIpc) is 2.54. The van der Waals surface area contributed by atoms with E-state index in [1.54, 1.807) is 0 Å². The minimum absolute atomic E-state index is 0.724. The van der Waals surface area contributed by atoms with E-state index in [0.717, 1.165) is 24.6 Å². The standard InChI is InChI=1S/C18H25N3/c1-2-9-19-17-7-11-21(12-8-17)14-15-5-6-18-16(13-15)4-3-10-20-18/h3-6,10,13,17,19H,2,7-9,11-12,14H2,1H3. The van der Waals surface area contributed by atoms with Crippen molar-refractivity contribution in [3.63, 3.8) is 0 Å². The molecule has 2 aromatic rings. The molecule has 3 rings (SSSR count). The maximum atomic E-state index is 4.39. The summed E-state index contributed by atoms with van der Waals surface area (Å²) in [7, 11) is 0. The van der Waals surface area contributed by atoms with Gasteiger partial charge in [0.2, 0.25) is 0 Å². The summed E-state index contributed by atoms with van der Waals surface area (Å²) in [6, 6.07) is 11.5. The molecule has 0 aliphatic carbocycles. The fraction of sp³-hybridized carbons (Fsp3) is 0.500. The van der Waals surface area contributed by atoms with Gasteiger partial charge in [0.25, 0.3) is 0 Å². The predicted molar refractivity (Wildman–Crippen MR) is 88.3 cm³/mol. The smallest absolute Gasteiger partial charge is 0.0702 e. The van der Waals surface area contributed by atoms with Gasteiger partial charge < -0.3 is 5.32 Å². The molecule has 0 bridgehead atoms. The van der Waals surface area contributed by atoms with E-state index in [1.807, 2.05) is 12.3 Å². The van der Waals surface area contributed by atoms with Gasteiger partial charge in [-0.3, -0.25) is 9.88 Å². The molecular weight excluding hydrogens is 258 g/mol. The van der Waals surface area contributed by atoms with E-state index in [2.05, 4.69) is 46.4 Å². The molecule has 0 spiro atoms. The molecular formula is C18H25N3. The lowest BCUT2D eigenvalue weighted by Crippen LogP contribution is -2.42. The molecule has 0 amide bonds. The molecule has 1 aliphatic heterocycles. The number of piperidine rings is 1. The van der Waals surface area contributed by atoms with Crippen molar-refractivity contribution >= 4 is 10.9 Å². The Labute approximate surface area is 127 Å². The Morgan fingerprint density at radius 2 is 2.10 bits per heavy atom. The third-order valence-corrected chi connectivity index (χ3v) is 4.34. The molecule has 0 radical (unpaired) electrons. The van der Waals surface area contributed by atoms with E-state index >= 15 is 0 Å². The Bertz CT molecular complexity index is 573. The zero-order valence-electron chi connectivity index (χ0n) is 12.9. The summed E-state index contributed by atoms with van der Waals surface area (Å²) in [5.41, 5.74) is 2.49. The molecule has 3 heteroatoms. The fourth-order valence-electron chi connectivity index (χ4n) is 3.13. The second kappa shape index (κ2) is 7.01.